The van der Waals surface area contributed by atoms with Crippen LogP contribution in [0.15, 0.2) is 36.0 Å². The van der Waals surface area contributed by atoms with Gasteiger partial charge in [0.2, 0.25) is 0 Å². The van der Waals surface area contributed by atoms with Gasteiger partial charge in [0.25, 0.3) is 5.91 Å². The van der Waals surface area contributed by atoms with Gasteiger partial charge in [0, 0.05) is 31.0 Å². The quantitative estimate of drug-likeness (QED) is 0.509. The van der Waals surface area contributed by atoms with Crippen molar-refractivity contribution in [3.63, 3.8) is 0 Å². The van der Waals surface area contributed by atoms with E-state index in [1.807, 2.05) is 25.1 Å². The second kappa shape index (κ2) is 9.57. The van der Waals surface area contributed by atoms with E-state index in [0.717, 1.165) is 0 Å². The Hall–Kier alpha value is -2.57. The lowest BCUT2D eigenvalue weighted by Gasteiger charge is -2.28. The highest BCUT2D eigenvalue weighted by Crippen LogP contribution is 2.20. The van der Waals surface area contributed by atoms with Crippen molar-refractivity contribution in [3.8, 4) is 11.8 Å². The number of likely N-dealkylation sites (N-methyl/N-ethyl adjacent to an activating group) is 1. The molecular formula is C19H26N4O4S. The third kappa shape index (κ3) is 6.25. The van der Waals surface area contributed by atoms with E-state index in [2.05, 4.69) is 5.32 Å². The molecule has 8 nitrogen and oxygen atoms in total. The maximum absolute atomic E-state index is 12.5. The molecule has 9 heteroatoms. The van der Waals surface area contributed by atoms with E-state index in [4.69, 9.17) is 4.74 Å². The average molecular weight is 407 g/mol. The fraction of sp³-hybridized carbons (Fsp3) is 0.474. The third-order valence-corrected chi connectivity index (χ3v) is 6.24. The van der Waals surface area contributed by atoms with Crippen LogP contribution in [-0.2, 0) is 14.6 Å². The highest BCUT2D eigenvalue weighted by Gasteiger charge is 2.31. The van der Waals surface area contributed by atoms with Crippen molar-refractivity contribution < 1.29 is 17.9 Å². The first kappa shape index (κ1) is 21.7. The molecule has 1 fully saturated rings. The lowest BCUT2D eigenvalue weighted by molar-refractivity contribution is -0.112. The maximum atomic E-state index is 12.5. The molecular weight excluding hydrogens is 380 g/mol. The van der Waals surface area contributed by atoms with E-state index >= 15 is 0 Å². The van der Waals surface area contributed by atoms with Gasteiger partial charge in [-0.25, -0.2) is 8.42 Å². The summed E-state index contributed by atoms with van der Waals surface area (Å²) in [7, 11) is 2.30. The largest absolute Gasteiger partial charge is 0.497 e. The number of ether oxygens (including phenoxy) is 1. The van der Waals surface area contributed by atoms with Crippen molar-refractivity contribution in [1.29, 1.82) is 5.26 Å². The number of anilines is 1. The van der Waals surface area contributed by atoms with E-state index in [9.17, 15) is 18.5 Å². The highest BCUT2D eigenvalue weighted by molar-refractivity contribution is 7.91. The molecule has 2 rings (SSSR count). The summed E-state index contributed by atoms with van der Waals surface area (Å²) in [6, 6.07) is 8.46. The van der Waals surface area contributed by atoms with Gasteiger partial charge in [-0.2, -0.15) is 5.26 Å². The molecule has 0 radical (unpaired) electrons. The molecule has 0 saturated carbocycles. The van der Waals surface area contributed by atoms with Gasteiger partial charge in [-0.3, -0.25) is 4.79 Å². The zero-order valence-electron chi connectivity index (χ0n) is 16.4. The summed E-state index contributed by atoms with van der Waals surface area (Å²) in [5.41, 5.74) is 0.467. The molecule has 1 amide bonds. The van der Waals surface area contributed by atoms with Crippen molar-refractivity contribution in [2.75, 3.05) is 51.1 Å². The number of rotatable bonds is 8. The molecule has 1 heterocycles. The number of nitrogens with zero attached hydrogens (tertiary/aromatic N) is 3. The Balaban J connectivity index is 2.17. The molecule has 1 aromatic carbocycles. The summed E-state index contributed by atoms with van der Waals surface area (Å²) in [5.74, 6) is 0.286. The Kier molecular flexibility index (Phi) is 7.43. The lowest BCUT2D eigenvalue weighted by atomic mass is 10.2. The van der Waals surface area contributed by atoms with Crippen LogP contribution >= 0.6 is 0 Å². The molecule has 0 bridgehead atoms. The van der Waals surface area contributed by atoms with Crippen molar-refractivity contribution in [2.45, 2.75) is 12.5 Å². The number of carbonyl (C=O) groups excluding carboxylic acids is 1. The summed E-state index contributed by atoms with van der Waals surface area (Å²) in [6.07, 6.45) is 1.97. The molecule has 0 aromatic heterocycles. The predicted molar refractivity (Wildman–Crippen MR) is 108 cm³/mol. The molecule has 1 aliphatic heterocycles. The van der Waals surface area contributed by atoms with Crippen molar-refractivity contribution in [1.82, 2.24) is 9.80 Å². The molecule has 1 aliphatic rings. The number of hydrogen-bond donors (Lipinski definition) is 1. The molecule has 1 saturated heterocycles. The van der Waals surface area contributed by atoms with Gasteiger partial charge in [0.1, 0.15) is 17.4 Å². The summed E-state index contributed by atoms with van der Waals surface area (Å²) in [4.78, 5) is 16.3. The lowest BCUT2D eigenvalue weighted by Crippen LogP contribution is -2.37. The predicted octanol–water partition coefficient (Wildman–Crippen LogP) is 1.09. The maximum Gasteiger partial charge on any atom is 0.267 e. The van der Waals surface area contributed by atoms with Crippen LogP contribution in [0.3, 0.4) is 0 Å². The minimum atomic E-state index is -3.08. The minimum Gasteiger partial charge on any atom is -0.497 e. The molecule has 28 heavy (non-hydrogen) atoms. The topological polar surface area (TPSA) is 103 Å². The van der Waals surface area contributed by atoms with Crippen LogP contribution in [0.1, 0.15) is 6.42 Å². The van der Waals surface area contributed by atoms with E-state index in [0.29, 0.717) is 30.9 Å². The summed E-state index contributed by atoms with van der Waals surface area (Å²) >= 11 is 0. The first-order valence-corrected chi connectivity index (χ1v) is 10.7. The number of nitrogens with one attached hydrogen (secondary N) is 1. The second-order valence-corrected chi connectivity index (χ2v) is 9.16. The van der Waals surface area contributed by atoms with Crippen LogP contribution in [0.5, 0.6) is 5.75 Å². The number of nitriles is 1. The normalized spacial score (nSPS) is 18.5. The van der Waals surface area contributed by atoms with Crippen molar-refractivity contribution >= 4 is 21.4 Å². The van der Waals surface area contributed by atoms with Gasteiger partial charge in [0.05, 0.1) is 18.6 Å². The smallest absolute Gasteiger partial charge is 0.267 e. The monoisotopic (exact) mass is 406 g/mol. The van der Waals surface area contributed by atoms with Crippen molar-refractivity contribution in [2.24, 2.45) is 0 Å². The Labute approximate surface area is 166 Å². The first-order chi connectivity index (χ1) is 13.2. The summed E-state index contributed by atoms with van der Waals surface area (Å²) in [5, 5.41) is 12.2. The SMILES string of the molecule is COc1ccc(NC(=O)/C(C#N)=C\N(CCN(C)C)C2CCS(=O)(=O)C2)cc1. The first-order valence-electron chi connectivity index (χ1n) is 8.92. The standard InChI is InChI=1S/C19H26N4O4S/c1-22(2)9-10-23(17-8-11-28(25,26)14-17)13-15(12-20)19(24)21-16-4-6-18(27-3)7-5-16/h4-7,13,17H,8-11,14H2,1-3H3,(H,21,24)/b15-13-. The Bertz CT molecular complexity index is 857. The van der Waals surface area contributed by atoms with E-state index < -0.39 is 15.7 Å². The number of sulfone groups is 1. The van der Waals surface area contributed by atoms with Gasteiger partial charge in [-0.1, -0.05) is 0 Å². The molecule has 152 valence electrons. The zero-order chi connectivity index (χ0) is 20.7. The molecule has 1 aromatic rings. The van der Waals surface area contributed by atoms with E-state index in [1.54, 1.807) is 36.3 Å². The Morgan fingerprint density at radius 1 is 1.32 bits per heavy atom. The Morgan fingerprint density at radius 3 is 2.50 bits per heavy atom. The molecule has 0 aliphatic carbocycles. The van der Waals surface area contributed by atoms with Gasteiger partial charge >= 0.3 is 0 Å². The molecule has 0 spiro atoms. The summed E-state index contributed by atoms with van der Waals surface area (Å²) in [6.45, 7) is 1.19. The fourth-order valence-corrected chi connectivity index (χ4v) is 4.62. The van der Waals surface area contributed by atoms with Gasteiger partial charge in [-0.15, -0.1) is 0 Å². The van der Waals surface area contributed by atoms with Gasteiger partial charge < -0.3 is 19.9 Å². The third-order valence-electron chi connectivity index (χ3n) is 4.49. The number of benzene rings is 1. The highest BCUT2D eigenvalue weighted by atomic mass is 32.2. The van der Waals surface area contributed by atoms with Crippen LogP contribution in [0, 0.1) is 11.3 Å². The molecule has 1 atom stereocenters. The van der Waals surface area contributed by atoms with Gasteiger partial charge in [0.15, 0.2) is 9.84 Å². The molecule has 1 unspecified atom stereocenters. The van der Waals surface area contributed by atoms with Crippen LogP contribution in [0.4, 0.5) is 5.69 Å². The Morgan fingerprint density at radius 2 is 2.00 bits per heavy atom. The summed E-state index contributed by atoms with van der Waals surface area (Å²) < 4.78 is 28.8. The van der Waals surface area contributed by atoms with Crippen LogP contribution < -0.4 is 10.1 Å². The number of amides is 1. The fourth-order valence-electron chi connectivity index (χ4n) is 2.88. The van der Waals surface area contributed by atoms with Crippen LogP contribution in [-0.4, -0.2) is 76.0 Å². The zero-order valence-corrected chi connectivity index (χ0v) is 17.2. The number of carbonyl (C=O) groups is 1. The average Bonchev–Trinajstić information content (AvgIpc) is 3.02. The van der Waals surface area contributed by atoms with Crippen LogP contribution in [0.2, 0.25) is 0 Å². The molecule has 1 N–H and O–H groups in total. The van der Waals surface area contributed by atoms with E-state index in [-0.39, 0.29) is 23.1 Å². The van der Waals surface area contributed by atoms with Crippen LogP contribution in [0.25, 0.3) is 0 Å². The minimum absolute atomic E-state index is 0.0374. The van der Waals surface area contributed by atoms with E-state index in [1.165, 1.54) is 6.20 Å². The number of methoxy groups -OCH3 is 1. The second-order valence-electron chi connectivity index (χ2n) is 6.94. The van der Waals surface area contributed by atoms with Crippen molar-refractivity contribution in [3.05, 3.63) is 36.0 Å². The number of hydrogen-bond acceptors (Lipinski definition) is 7. The van der Waals surface area contributed by atoms with Gasteiger partial charge in [-0.05, 0) is 44.8 Å².